The number of pyridine rings is 1. The fraction of sp³-hybridized carbons (Fsp3) is 0.679. The van der Waals surface area contributed by atoms with Gasteiger partial charge in [-0.05, 0) is 73.1 Å². The number of aliphatic hydroxyl groups excluding tert-OH is 2. The minimum atomic E-state index is -1.24. The number of nitrogens with one attached hydrogen (secondary N) is 2. The Morgan fingerprint density at radius 3 is 2.10 bits per heavy atom. The number of esters is 3. The van der Waals surface area contributed by atoms with Gasteiger partial charge in [-0.2, -0.15) is 0 Å². The first-order chi connectivity index (χ1) is 19.1. The van der Waals surface area contributed by atoms with Crippen LogP contribution in [0.1, 0.15) is 81.7 Å². The Kier molecular flexibility index (Phi) is 15.3. The van der Waals surface area contributed by atoms with Crippen molar-refractivity contribution in [2.45, 2.75) is 78.6 Å². The molecule has 0 aliphatic heterocycles. The highest BCUT2D eigenvalue weighted by molar-refractivity contribution is 5.91. The van der Waals surface area contributed by atoms with Crippen molar-refractivity contribution in [3.63, 3.8) is 0 Å². The van der Waals surface area contributed by atoms with E-state index in [1.807, 2.05) is 0 Å². The van der Waals surface area contributed by atoms with Crippen LogP contribution in [-0.4, -0.2) is 96.5 Å². The lowest BCUT2D eigenvalue weighted by Gasteiger charge is -2.21. The first-order valence-corrected chi connectivity index (χ1v) is 13.6. The summed E-state index contributed by atoms with van der Waals surface area (Å²) in [5, 5.41) is 25.3. The van der Waals surface area contributed by atoms with Gasteiger partial charge in [0.1, 0.15) is 31.6 Å². The Labute approximate surface area is 241 Å². The van der Waals surface area contributed by atoms with Crippen LogP contribution in [0.25, 0.3) is 0 Å². The molecule has 41 heavy (non-hydrogen) atoms. The van der Waals surface area contributed by atoms with Crippen molar-refractivity contribution in [2.24, 2.45) is 5.41 Å². The third-order valence-corrected chi connectivity index (χ3v) is 5.29. The lowest BCUT2D eigenvalue weighted by atomic mass is 9.97. The Morgan fingerprint density at radius 1 is 0.878 bits per heavy atom. The van der Waals surface area contributed by atoms with Crippen LogP contribution in [0.4, 0.5) is 4.79 Å². The molecule has 0 radical (unpaired) electrons. The quantitative estimate of drug-likeness (QED) is 0.126. The van der Waals surface area contributed by atoms with Crippen LogP contribution < -0.4 is 10.6 Å². The molecule has 0 saturated carbocycles. The maximum atomic E-state index is 12.2. The summed E-state index contributed by atoms with van der Waals surface area (Å²) in [6, 6.07) is 2.52. The van der Waals surface area contributed by atoms with Crippen LogP contribution in [-0.2, 0) is 23.7 Å². The van der Waals surface area contributed by atoms with Gasteiger partial charge >= 0.3 is 24.0 Å². The minimum Gasteiger partial charge on any atom is -0.458 e. The van der Waals surface area contributed by atoms with E-state index in [9.17, 15) is 29.4 Å². The molecule has 13 heteroatoms. The third kappa shape index (κ3) is 15.9. The summed E-state index contributed by atoms with van der Waals surface area (Å²) < 4.78 is 20.1. The Balaban J connectivity index is 2.32. The second-order valence-corrected chi connectivity index (χ2v) is 11.5. The van der Waals surface area contributed by atoms with Crippen molar-refractivity contribution in [2.75, 3.05) is 39.5 Å². The van der Waals surface area contributed by atoms with E-state index in [0.717, 1.165) is 32.0 Å². The fourth-order valence-electron chi connectivity index (χ4n) is 2.94. The first kappa shape index (κ1) is 35.7. The maximum Gasteiger partial charge on any atom is 0.407 e. The second kappa shape index (κ2) is 17.5. The van der Waals surface area contributed by atoms with E-state index in [1.54, 1.807) is 20.8 Å². The molecule has 2 unspecified atom stereocenters. The van der Waals surface area contributed by atoms with E-state index in [2.05, 4.69) is 36.4 Å². The van der Waals surface area contributed by atoms with Gasteiger partial charge in [0, 0.05) is 18.3 Å². The van der Waals surface area contributed by atoms with E-state index < -0.39 is 54.8 Å². The van der Waals surface area contributed by atoms with Gasteiger partial charge in [0.05, 0.1) is 17.6 Å². The minimum absolute atomic E-state index is 0.0152. The van der Waals surface area contributed by atoms with Gasteiger partial charge in [0.15, 0.2) is 6.10 Å². The smallest absolute Gasteiger partial charge is 0.407 e. The monoisotopic (exact) mass is 583 g/mol. The summed E-state index contributed by atoms with van der Waals surface area (Å²) in [4.78, 5) is 52.0. The van der Waals surface area contributed by atoms with E-state index >= 15 is 0 Å². The zero-order valence-corrected chi connectivity index (χ0v) is 24.9. The highest BCUT2D eigenvalue weighted by atomic mass is 16.6. The predicted octanol–water partition coefficient (Wildman–Crippen LogP) is 1.99. The predicted molar refractivity (Wildman–Crippen MR) is 148 cm³/mol. The molecule has 0 aliphatic carbocycles. The summed E-state index contributed by atoms with van der Waals surface area (Å²) in [5.74, 6) is -2.21. The molecule has 0 fully saturated rings. The van der Waals surface area contributed by atoms with Crippen LogP contribution in [0, 0.1) is 5.41 Å². The number of carbonyl (C=O) groups is 4. The SMILES string of the molecule is CC(C)(C)NCCCCCNC(=O)OCC(O)COC(=O)c1ccc(C(=O)OCC(CO)OC(=O)C(C)(C)C)cn1. The number of aliphatic hydroxyl groups is 2. The fourth-order valence-corrected chi connectivity index (χ4v) is 2.94. The molecule has 1 aromatic rings. The molecule has 1 heterocycles. The van der Waals surface area contributed by atoms with Gasteiger partial charge in [0.2, 0.25) is 0 Å². The zero-order valence-electron chi connectivity index (χ0n) is 24.9. The Morgan fingerprint density at radius 2 is 1.51 bits per heavy atom. The average molecular weight is 584 g/mol. The molecule has 0 bridgehead atoms. The Hall–Kier alpha value is -3.29. The number of aromatic nitrogens is 1. The molecular weight excluding hydrogens is 538 g/mol. The number of carbonyl (C=O) groups excluding carboxylic acids is 4. The third-order valence-electron chi connectivity index (χ3n) is 5.29. The van der Waals surface area contributed by atoms with Crippen LogP contribution >= 0.6 is 0 Å². The van der Waals surface area contributed by atoms with Gasteiger partial charge < -0.3 is 39.8 Å². The van der Waals surface area contributed by atoms with Gasteiger partial charge in [0.25, 0.3) is 0 Å². The molecule has 1 aromatic heterocycles. The molecule has 4 N–H and O–H groups in total. The highest BCUT2D eigenvalue weighted by Crippen LogP contribution is 2.16. The largest absolute Gasteiger partial charge is 0.458 e. The molecule has 13 nitrogen and oxygen atoms in total. The zero-order chi connectivity index (χ0) is 31.1. The molecule has 1 amide bonds. The highest BCUT2D eigenvalue weighted by Gasteiger charge is 2.27. The van der Waals surface area contributed by atoms with Gasteiger partial charge in [-0.3, -0.25) is 4.79 Å². The maximum absolute atomic E-state index is 12.2. The van der Waals surface area contributed by atoms with Crippen molar-refractivity contribution in [1.29, 1.82) is 0 Å². The summed E-state index contributed by atoms with van der Waals surface area (Å²) in [5.41, 5.74) is -0.820. The van der Waals surface area contributed by atoms with E-state index in [-0.39, 0.29) is 30.0 Å². The van der Waals surface area contributed by atoms with Crippen LogP contribution in [0.3, 0.4) is 0 Å². The lowest BCUT2D eigenvalue weighted by molar-refractivity contribution is -0.163. The molecule has 1 rings (SSSR count). The number of alkyl carbamates (subject to hydrolysis) is 1. The van der Waals surface area contributed by atoms with Gasteiger partial charge in [-0.25, -0.2) is 19.4 Å². The van der Waals surface area contributed by atoms with Crippen molar-refractivity contribution in [1.82, 2.24) is 15.6 Å². The molecule has 0 spiro atoms. The summed E-state index contributed by atoms with van der Waals surface area (Å²) in [7, 11) is 0. The molecular formula is C28H45N3O10. The van der Waals surface area contributed by atoms with Crippen LogP contribution in [0.2, 0.25) is 0 Å². The molecule has 0 saturated heterocycles. The summed E-state index contributed by atoms with van der Waals surface area (Å²) >= 11 is 0. The second-order valence-electron chi connectivity index (χ2n) is 11.5. The topological polar surface area (TPSA) is 183 Å². The molecule has 0 aliphatic rings. The van der Waals surface area contributed by atoms with Crippen LogP contribution in [0.15, 0.2) is 18.3 Å². The van der Waals surface area contributed by atoms with Crippen LogP contribution in [0.5, 0.6) is 0 Å². The number of rotatable bonds is 16. The number of nitrogens with zero attached hydrogens (tertiary/aromatic N) is 1. The average Bonchev–Trinajstić information content (AvgIpc) is 2.90. The van der Waals surface area contributed by atoms with Crippen molar-refractivity contribution in [3.8, 4) is 0 Å². The van der Waals surface area contributed by atoms with E-state index in [0.29, 0.717) is 6.54 Å². The standard InChI is InChI=1S/C28H45N3O10/c1-27(2,3)25(36)41-21(15-32)18-39-23(34)19-10-11-22(30-14-19)24(35)38-16-20(33)17-40-26(37)29-12-8-7-9-13-31-28(4,5)6/h10-11,14,20-21,31-33H,7-9,12-13,15-18H2,1-6H3,(H,29,37). The summed E-state index contributed by atoms with van der Waals surface area (Å²) in [6.07, 6.45) is 0.873. The van der Waals surface area contributed by atoms with Crippen molar-refractivity contribution in [3.05, 3.63) is 29.6 Å². The number of unbranched alkanes of at least 4 members (excludes halogenated alkanes) is 2. The van der Waals surface area contributed by atoms with E-state index in [1.165, 1.54) is 12.1 Å². The number of amides is 1. The Bertz CT molecular complexity index is 971. The molecule has 0 aromatic carbocycles. The number of hydrogen-bond acceptors (Lipinski definition) is 12. The molecule has 2 atom stereocenters. The van der Waals surface area contributed by atoms with Gasteiger partial charge in [-0.1, -0.05) is 6.42 Å². The number of hydrogen-bond donors (Lipinski definition) is 4. The first-order valence-electron chi connectivity index (χ1n) is 13.6. The normalized spacial score (nSPS) is 13.1. The van der Waals surface area contributed by atoms with E-state index in [4.69, 9.17) is 18.9 Å². The lowest BCUT2D eigenvalue weighted by Crippen LogP contribution is -2.36. The molecule has 232 valence electrons. The van der Waals surface area contributed by atoms with Crippen molar-refractivity contribution < 1.29 is 48.3 Å². The van der Waals surface area contributed by atoms with Crippen molar-refractivity contribution >= 4 is 24.0 Å². The summed E-state index contributed by atoms with van der Waals surface area (Å²) in [6.45, 7) is 10.9. The number of ether oxygens (including phenoxy) is 4. The van der Waals surface area contributed by atoms with Gasteiger partial charge in [-0.15, -0.1) is 0 Å².